The van der Waals surface area contributed by atoms with Crippen LogP contribution in [0.4, 0.5) is 0 Å². The van der Waals surface area contributed by atoms with Gasteiger partial charge in [0.25, 0.3) is 0 Å². The number of carbonyl (C=O) groups is 2. The molecule has 0 spiro atoms. The second kappa shape index (κ2) is 57.4. The van der Waals surface area contributed by atoms with E-state index < -0.39 is 6.10 Å². The van der Waals surface area contributed by atoms with Crippen LogP contribution in [-0.2, 0) is 23.8 Å². The number of carbonyl (C=O) groups excluding carboxylic acids is 2. The minimum Gasteiger partial charge on any atom is -0.462 e. The molecule has 0 saturated carbocycles. The van der Waals surface area contributed by atoms with Gasteiger partial charge in [-0.15, -0.1) is 0 Å². The van der Waals surface area contributed by atoms with Gasteiger partial charge in [-0.2, -0.15) is 0 Å². The molecule has 0 fully saturated rings. The normalized spacial score (nSPS) is 12.3. The average molecular weight is 928 g/mol. The Kier molecular flexibility index (Phi) is 55.8. The molecule has 0 aliphatic heterocycles. The van der Waals surface area contributed by atoms with Crippen LogP contribution >= 0.6 is 0 Å². The Morgan fingerprint density at radius 2 is 0.636 bits per heavy atom. The Bertz CT molecular complexity index is 1050. The summed E-state index contributed by atoms with van der Waals surface area (Å²) in [6.07, 6.45) is 70.2. The zero-order valence-electron chi connectivity index (χ0n) is 44.7. The Balaban J connectivity index is 4.21. The molecule has 0 aromatic rings. The molecule has 1 unspecified atom stereocenters. The van der Waals surface area contributed by atoms with Crippen LogP contribution in [0.2, 0.25) is 0 Å². The SMILES string of the molecule is CCCCC/C=C\C/C=C\CCCCCCCCCCOCC(COC(=O)CCCCCCCCCCCCCCCCCCCCC)OC(=O)CCCCCCC/C=C\CCCCCC. The molecule has 0 aromatic heterocycles. The maximum atomic E-state index is 12.8. The van der Waals surface area contributed by atoms with Crippen LogP contribution in [0.5, 0.6) is 0 Å². The van der Waals surface area contributed by atoms with E-state index in [2.05, 4.69) is 57.2 Å². The van der Waals surface area contributed by atoms with Gasteiger partial charge < -0.3 is 14.2 Å². The third-order valence-corrected chi connectivity index (χ3v) is 13.1. The van der Waals surface area contributed by atoms with E-state index >= 15 is 0 Å². The molecule has 66 heavy (non-hydrogen) atoms. The molecule has 388 valence electrons. The Morgan fingerprint density at radius 1 is 0.333 bits per heavy atom. The van der Waals surface area contributed by atoms with E-state index in [9.17, 15) is 9.59 Å². The van der Waals surface area contributed by atoms with Crippen LogP contribution < -0.4 is 0 Å². The van der Waals surface area contributed by atoms with Crippen molar-refractivity contribution in [3.8, 4) is 0 Å². The van der Waals surface area contributed by atoms with E-state index in [1.807, 2.05) is 0 Å². The van der Waals surface area contributed by atoms with Crippen molar-refractivity contribution >= 4 is 11.9 Å². The third kappa shape index (κ3) is 54.7. The zero-order valence-corrected chi connectivity index (χ0v) is 44.7. The number of ether oxygens (including phenoxy) is 3. The lowest BCUT2D eigenvalue weighted by Gasteiger charge is -2.18. The van der Waals surface area contributed by atoms with Gasteiger partial charge in [-0.25, -0.2) is 0 Å². The summed E-state index contributed by atoms with van der Waals surface area (Å²) in [6, 6.07) is 0. The van der Waals surface area contributed by atoms with Crippen LogP contribution in [0, 0.1) is 0 Å². The van der Waals surface area contributed by atoms with Crippen LogP contribution in [0.3, 0.4) is 0 Å². The van der Waals surface area contributed by atoms with E-state index in [1.165, 1.54) is 225 Å². The number of unbranched alkanes of at least 4 members (excludes halogenated alkanes) is 38. The van der Waals surface area contributed by atoms with E-state index in [-0.39, 0.29) is 25.2 Å². The number of rotatable bonds is 55. The summed E-state index contributed by atoms with van der Waals surface area (Å²) >= 11 is 0. The summed E-state index contributed by atoms with van der Waals surface area (Å²) in [5, 5.41) is 0. The fourth-order valence-electron chi connectivity index (χ4n) is 8.71. The summed E-state index contributed by atoms with van der Waals surface area (Å²) in [7, 11) is 0. The van der Waals surface area contributed by atoms with Crippen molar-refractivity contribution in [3.05, 3.63) is 36.5 Å². The molecular formula is C61H114O5. The lowest BCUT2D eigenvalue weighted by Crippen LogP contribution is -2.30. The highest BCUT2D eigenvalue weighted by Crippen LogP contribution is 2.16. The summed E-state index contributed by atoms with van der Waals surface area (Å²) in [6.45, 7) is 7.83. The molecule has 0 radical (unpaired) electrons. The van der Waals surface area contributed by atoms with Gasteiger partial charge in [-0.1, -0.05) is 263 Å². The second-order valence-electron chi connectivity index (χ2n) is 19.9. The molecule has 0 rings (SSSR count). The first kappa shape index (κ1) is 64.1. The van der Waals surface area contributed by atoms with Gasteiger partial charge in [0.1, 0.15) is 6.61 Å². The Hall–Kier alpha value is -1.88. The monoisotopic (exact) mass is 927 g/mol. The lowest BCUT2D eigenvalue weighted by atomic mass is 10.0. The average Bonchev–Trinajstić information content (AvgIpc) is 3.32. The van der Waals surface area contributed by atoms with Crippen molar-refractivity contribution in [1.82, 2.24) is 0 Å². The molecule has 0 saturated heterocycles. The van der Waals surface area contributed by atoms with Crippen molar-refractivity contribution in [2.75, 3.05) is 19.8 Å². The molecule has 0 aliphatic rings. The van der Waals surface area contributed by atoms with Crippen molar-refractivity contribution in [3.63, 3.8) is 0 Å². The number of allylic oxidation sites excluding steroid dienone is 6. The maximum absolute atomic E-state index is 12.8. The van der Waals surface area contributed by atoms with Crippen LogP contribution in [0.15, 0.2) is 36.5 Å². The predicted octanol–water partition coefficient (Wildman–Crippen LogP) is 20.1. The van der Waals surface area contributed by atoms with Crippen molar-refractivity contribution in [2.45, 2.75) is 322 Å². The first-order valence-corrected chi connectivity index (χ1v) is 29.5. The van der Waals surface area contributed by atoms with Gasteiger partial charge in [-0.05, 0) is 77.0 Å². The topological polar surface area (TPSA) is 61.8 Å². The Labute approximate surface area is 412 Å². The molecule has 5 heteroatoms. The summed E-state index contributed by atoms with van der Waals surface area (Å²) in [5.41, 5.74) is 0. The van der Waals surface area contributed by atoms with Gasteiger partial charge in [0.2, 0.25) is 0 Å². The number of hydrogen-bond acceptors (Lipinski definition) is 5. The van der Waals surface area contributed by atoms with Crippen LogP contribution in [0.1, 0.15) is 316 Å². The van der Waals surface area contributed by atoms with E-state index in [4.69, 9.17) is 14.2 Å². The van der Waals surface area contributed by atoms with Gasteiger partial charge in [0.05, 0.1) is 6.61 Å². The highest BCUT2D eigenvalue weighted by Gasteiger charge is 2.17. The first-order valence-electron chi connectivity index (χ1n) is 29.5. The highest BCUT2D eigenvalue weighted by atomic mass is 16.6. The quantitative estimate of drug-likeness (QED) is 0.0345. The van der Waals surface area contributed by atoms with Gasteiger partial charge in [-0.3, -0.25) is 9.59 Å². The summed E-state index contributed by atoms with van der Waals surface area (Å²) in [5.74, 6) is -0.391. The standard InChI is InChI=1S/C61H114O5/c1-4-7-10-13-16-19-22-25-27-29-31-32-34-37-39-42-45-48-51-54-60(62)65-58-59(66-61(63)55-52-49-46-43-40-36-24-21-18-15-12-9-6-3)57-64-56-53-50-47-44-41-38-35-33-30-28-26-23-20-17-14-11-8-5-2/h17,20-21,24,26,28,59H,4-16,18-19,22-23,25,27,29-58H2,1-3H3/b20-17-,24-21-,28-26-. The van der Waals surface area contributed by atoms with Gasteiger partial charge in [0, 0.05) is 19.4 Å². The minimum atomic E-state index is -0.540. The molecule has 0 amide bonds. The van der Waals surface area contributed by atoms with E-state index in [1.54, 1.807) is 0 Å². The number of hydrogen-bond donors (Lipinski definition) is 0. The second-order valence-corrected chi connectivity index (χ2v) is 19.9. The fourth-order valence-corrected chi connectivity index (χ4v) is 8.71. The van der Waals surface area contributed by atoms with Gasteiger partial charge >= 0.3 is 11.9 Å². The molecule has 5 nitrogen and oxygen atoms in total. The lowest BCUT2D eigenvalue weighted by molar-refractivity contribution is -0.163. The molecule has 0 aromatic carbocycles. The van der Waals surface area contributed by atoms with Crippen LogP contribution in [-0.4, -0.2) is 37.9 Å². The minimum absolute atomic E-state index is 0.0851. The molecular weight excluding hydrogens is 813 g/mol. The zero-order chi connectivity index (χ0) is 47.7. The molecule has 1 atom stereocenters. The van der Waals surface area contributed by atoms with Crippen molar-refractivity contribution < 1.29 is 23.8 Å². The largest absolute Gasteiger partial charge is 0.462 e. The highest BCUT2D eigenvalue weighted by molar-refractivity contribution is 5.70. The Morgan fingerprint density at radius 3 is 1.06 bits per heavy atom. The summed E-state index contributed by atoms with van der Waals surface area (Å²) < 4.78 is 17.5. The van der Waals surface area contributed by atoms with Crippen LogP contribution in [0.25, 0.3) is 0 Å². The summed E-state index contributed by atoms with van der Waals surface area (Å²) in [4.78, 5) is 25.5. The molecule has 0 bridgehead atoms. The molecule has 0 N–H and O–H groups in total. The predicted molar refractivity (Wildman–Crippen MR) is 288 cm³/mol. The number of esters is 2. The smallest absolute Gasteiger partial charge is 0.306 e. The third-order valence-electron chi connectivity index (χ3n) is 13.1. The molecule has 0 aliphatic carbocycles. The van der Waals surface area contributed by atoms with Crippen molar-refractivity contribution in [2.24, 2.45) is 0 Å². The van der Waals surface area contributed by atoms with Gasteiger partial charge in [0.15, 0.2) is 6.10 Å². The van der Waals surface area contributed by atoms with Crippen molar-refractivity contribution in [1.29, 1.82) is 0 Å². The molecule has 0 heterocycles. The van der Waals surface area contributed by atoms with E-state index in [0.717, 1.165) is 57.8 Å². The van der Waals surface area contributed by atoms with E-state index in [0.29, 0.717) is 19.4 Å². The fraction of sp³-hybridized carbons (Fsp3) is 0.869. The maximum Gasteiger partial charge on any atom is 0.306 e. The first-order chi connectivity index (χ1) is 32.6.